The zero-order valence-electron chi connectivity index (χ0n) is 7.44. The molecule has 3 nitrogen and oxygen atoms in total. The third-order valence-corrected chi connectivity index (χ3v) is 3.77. The fourth-order valence-corrected chi connectivity index (χ4v) is 2.84. The van der Waals surface area contributed by atoms with Gasteiger partial charge in [0.15, 0.2) is 0 Å². The van der Waals surface area contributed by atoms with Gasteiger partial charge < -0.3 is 5.32 Å². The summed E-state index contributed by atoms with van der Waals surface area (Å²) in [4.78, 5) is 0. The summed E-state index contributed by atoms with van der Waals surface area (Å²) < 4.78 is 3.84. The lowest BCUT2D eigenvalue weighted by Gasteiger charge is -2.12. The van der Waals surface area contributed by atoms with Crippen molar-refractivity contribution in [3.63, 3.8) is 0 Å². The van der Waals surface area contributed by atoms with E-state index in [9.17, 15) is 0 Å². The Bertz CT molecular complexity index is 275. The Morgan fingerprint density at radius 1 is 1.38 bits per heavy atom. The van der Waals surface area contributed by atoms with Crippen molar-refractivity contribution in [1.82, 2.24) is 14.9 Å². The van der Waals surface area contributed by atoms with Crippen LogP contribution in [0.1, 0.15) is 25.0 Å². The molecule has 4 heteroatoms. The van der Waals surface area contributed by atoms with E-state index < -0.39 is 0 Å². The number of nitrogens with one attached hydrogen (secondary N) is 1. The first kappa shape index (κ1) is 7.88. The van der Waals surface area contributed by atoms with Crippen molar-refractivity contribution < 1.29 is 0 Å². The molecule has 2 aliphatic carbocycles. The summed E-state index contributed by atoms with van der Waals surface area (Å²) >= 11 is 1.43. The van der Waals surface area contributed by atoms with E-state index in [1.807, 2.05) is 5.38 Å². The summed E-state index contributed by atoms with van der Waals surface area (Å²) in [5, 5.41) is 9.58. The second-order valence-corrected chi connectivity index (χ2v) is 4.81. The summed E-state index contributed by atoms with van der Waals surface area (Å²) in [5.74, 6) is 2.12. The van der Waals surface area contributed by atoms with Gasteiger partial charge >= 0.3 is 0 Å². The van der Waals surface area contributed by atoms with Crippen molar-refractivity contribution in [3.8, 4) is 0 Å². The highest BCUT2D eigenvalue weighted by molar-refractivity contribution is 7.03. The predicted octanol–water partition coefficient (Wildman–Crippen LogP) is 1.43. The molecule has 1 heterocycles. The Morgan fingerprint density at radius 3 is 2.92 bits per heavy atom. The van der Waals surface area contributed by atoms with Gasteiger partial charge in [-0.15, -0.1) is 5.10 Å². The molecule has 2 aliphatic rings. The SMILES string of the molecule is c1snnc1CNC1CC2CC2C1. The lowest BCUT2D eigenvalue weighted by atomic mass is 10.1. The molecule has 0 saturated heterocycles. The Morgan fingerprint density at radius 2 is 2.23 bits per heavy atom. The van der Waals surface area contributed by atoms with Crippen molar-refractivity contribution in [2.24, 2.45) is 11.8 Å². The fourth-order valence-electron chi connectivity index (χ4n) is 2.39. The molecular weight excluding hydrogens is 182 g/mol. The maximum Gasteiger partial charge on any atom is 0.0893 e. The molecule has 70 valence electrons. The summed E-state index contributed by atoms with van der Waals surface area (Å²) in [5.41, 5.74) is 1.09. The molecule has 2 saturated carbocycles. The smallest absolute Gasteiger partial charge is 0.0893 e. The van der Waals surface area contributed by atoms with Crippen LogP contribution in [0.4, 0.5) is 0 Å². The molecule has 2 fully saturated rings. The Kier molecular flexibility index (Phi) is 1.84. The lowest BCUT2D eigenvalue weighted by molar-refractivity contribution is 0.477. The van der Waals surface area contributed by atoms with Crippen molar-refractivity contribution in [2.45, 2.75) is 31.8 Å². The van der Waals surface area contributed by atoms with E-state index in [1.165, 1.54) is 30.8 Å². The fraction of sp³-hybridized carbons (Fsp3) is 0.778. The maximum absolute atomic E-state index is 4.01. The van der Waals surface area contributed by atoms with Gasteiger partial charge in [-0.05, 0) is 42.6 Å². The van der Waals surface area contributed by atoms with Crippen molar-refractivity contribution in [1.29, 1.82) is 0 Å². The van der Waals surface area contributed by atoms with Crippen molar-refractivity contribution in [3.05, 3.63) is 11.1 Å². The molecule has 0 radical (unpaired) electrons. The molecule has 1 N–H and O–H groups in total. The molecule has 2 atom stereocenters. The normalized spacial score (nSPS) is 36.2. The molecule has 1 aromatic rings. The quantitative estimate of drug-likeness (QED) is 0.792. The number of rotatable bonds is 3. The number of nitrogens with zero attached hydrogens (tertiary/aromatic N) is 2. The van der Waals surface area contributed by atoms with Crippen LogP contribution in [0.2, 0.25) is 0 Å². The summed E-state index contributed by atoms with van der Waals surface area (Å²) in [6.07, 6.45) is 4.28. The summed E-state index contributed by atoms with van der Waals surface area (Å²) in [6.45, 7) is 0.903. The minimum Gasteiger partial charge on any atom is -0.308 e. The minimum atomic E-state index is 0.755. The number of hydrogen-bond acceptors (Lipinski definition) is 4. The second-order valence-electron chi connectivity index (χ2n) is 4.20. The van der Waals surface area contributed by atoms with E-state index >= 15 is 0 Å². The number of aromatic nitrogens is 2. The van der Waals surface area contributed by atoms with Gasteiger partial charge in [0.1, 0.15) is 0 Å². The minimum absolute atomic E-state index is 0.755. The van der Waals surface area contributed by atoms with E-state index in [-0.39, 0.29) is 0 Å². The van der Waals surface area contributed by atoms with Crippen molar-refractivity contribution in [2.75, 3.05) is 0 Å². The average molecular weight is 195 g/mol. The number of fused-ring (bicyclic) bond motifs is 1. The largest absolute Gasteiger partial charge is 0.308 e. The Labute approximate surface area is 81.7 Å². The molecule has 2 unspecified atom stereocenters. The van der Waals surface area contributed by atoms with Gasteiger partial charge in [-0.3, -0.25) is 0 Å². The van der Waals surface area contributed by atoms with Crippen LogP contribution in [0, 0.1) is 11.8 Å². The summed E-state index contributed by atoms with van der Waals surface area (Å²) in [6, 6.07) is 0.755. The molecule has 0 aliphatic heterocycles. The Hall–Kier alpha value is -0.480. The third kappa shape index (κ3) is 1.60. The molecule has 1 aromatic heterocycles. The topological polar surface area (TPSA) is 37.8 Å². The van der Waals surface area contributed by atoms with E-state index in [0.29, 0.717) is 0 Å². The van der Waals surface area contributed by atoms with Crippen LogP contribution in [0.15, 0.2) is 5.38 Å². The van der Waals surface area contributed by atoms with Gasteiger partial charge in [-0.25, -0.2) is 0 Å². The highest BCUT2D eigenvalue weighted by atomic mass is 32.1. The lowest BCUT2D eigenvalue weighted by Crippen LogP contribution is -2.27. The second kappa shape index (κ2) is 3.03. The molecule has 3 rings (SSSR count). The van der Waals surface area contributed by atoms with Gasteiger partial charge in [0, 0.05) is 18.0 Å². The maximum atomic E-state index is 4.01. The van der Waals surface area contributed by atoms with E-state index in [0.717, 1.165) is 30.1 Å². The monoisotopic (exact) mass is 195 g/mol. The van der Waals surface area contributed by atoms with Gasteiger partial charge in [0.2, 0.25) is 0 Å². The average Bonchev–Trinajstić information content (AvgIpc) is 2.64. The third-order valence-electron chi connectivity index (χ3n) is 3.22. The zero-order chi connectivity index (χ0) is 8.67. The zero-order valence-corrected chi connectivity index (χ0v) is 8.26. The van der Waals surface area contributed by atoms with E-state index in [2.05, 4.69) is 14.9 Å². The first-order chi connectivity index (χ1) is 6.42. The van der Waals surface area contributed by atoms with E-state index in [1.54, 1.807) is 0 Å². The summed E-state index contributed by atoms with van der Waals surface area (Å²) in [7, 11) is 0. The van der Waals surface area contributed by atoms with Crippen LogP contribution >= 0.6 is 11.5 Å². The van der Waals surface area contributed by atoms with Crippen LogP contribution in [-0.4, -0.2) is 15.6 Å². The Balaban J connectivity index is 1.48. The van der Waals surface area contributed by atoms with Crippen LogP contribution in [0.25, 0.3) is 0 Å². The van der Waals surface area contributed by atoms with Crippen LogP contribution in [0.3, 0.4) is 0 Å². The van der Waals surface area contributed by atoms with Crippen LogP contribution in [0.5, 0.6) is 0 Å². The van der Waals surface area contributed by atoms with Crippen molar-refractivity contribution >= 4 is 11.5 Å². The van der Waals surface area contributed by atoms with Gasteiger partial charge in [0.05, 0.1) is 5.69 Å². The van der Waals surface area contributed by atoms with Gasteiger partial charge in [-0.1, -0.05) is 4.49 Å². The highest BCUT2D eigenvalue weighted by Gasteiger charge is 2.45. The molecule has 0 spiro atoms. The first-order valence-corrected chi connectivity index (χ1v) is 5.75. The van der Waals surface area contributed by atoms with Crippen LogP contribution in [-0.2, 0) is 6.54 Å². The molecule has 13 heavy (non-hydrogen) atoms. The molecule has 0 bridgehead atoms. The highest BCUT2D eigenvalue weighted by Crippen LogP contribution is 2.51. The molecule has 0 aromatic carbocycles. The standard InChI is InChI=1S/C9H13N3S/c1-6-2-8(3-7(1)6)10-4-9-5-13-12-11-9/h5-8,10H,1-4H2. The van der Waals surface area contributed by atoms with Gasteiger partial charge in [0.25, 0.3) is 0 Å². The first-order valence-electron chi connectivity index (χ1n) is 4.91. The van der Waals surface area contributed by atoms with Gasteiger partial charge in [-0.2, -0.15) is 0 Å². The van der Waals surface area contributed by atoms with E-state index in [4.69, 9.17) is 0 Å². The van der Waals surface area contributed by atoms with Crippen LogP contribution < -0.4 is 5.32 Å². The predicted molar refractivity (Wildman–Crippen MR) is 51.4 cm³/mol. The molecular formula is C9H13N3S. The number of hydrogen-bond donors (Lipinski definition) is 1. The molecule has 0 amide bonds.